The van der Waals surface area contributed by atoms with Crippen LogP contribution >= 0.6 is 0 Å². The molecule has 4 rings (SSSR count). The highest BCUT2D eigenvalue weighted by molar-refractivity contribution is 5.28. The van der Waals surface area contributed by atoms with Gasteiger partial charge in [0.1, 0.15) is 0 Å². The second-order valence-electron chi connectivity index (χ2n) is 12.8. The Kier molecular flexibility index (Phi) is 6.32. The Morgan fingerprint density at radius 1 is 1.00 bits per heavy atom. The van der Waals surface area contributed by atoms with Gasteiger partial charge in [-0.05, 0) is 104 Å². The number of hydrogen-bond acceptors (Lipinski definition) is 2. The molecule has 4 aliphatic carbocycles. The molecule has 0 aliphatic heterocycles. The standard InChI is InChI=1S/C29H48O2/c1-17(2)20(5)18(3)14-19(4)23-8-9-24-27-25(11-13-29(23,24)7)28(6)12-10-22(30)15-21(28)16-26(27)31/h14,16-17,19-20,22-27,30-31H,8-13,15H2,1-7H3. The van der Waals surface area contributed by atoms with Crippen molar-refractivity contribution >= 4 is 0 Å². The molecule has 0 aromatic rings. The van der Waals surface area contributed by atoms with E-state index in [-0.39, 0.29) is 17.6 Å². The van der Waals surface area contributed by atoms with E-state index in [1.54, 1.807) is 5.57 Å². The van der Waals surface area contributed by atoms with Crippen LogP contribution in [0.3, 0.4) is 0 Å². The SMILES string of the molecule is CC(=CC(C)C1CCC2C3C(O)C=C4CC(O)CCC4(C)C3CCC12C)C(C)C(C)C. The zero-order valence-electron chi connectivity index (χ0n) is 21.2. The summed E-state index contributed by atoms with van der Waals surface area (Å²) < 4.78 is 0. The van der Waals surface area contributed by atoms with Gasteiger partial charge in [0, 0.05) is 0 Å². The highest BCUT2D eigenvalue weighted by atomic mass is 16.3. The normalized spacial score (nSPS) is 47.3. The van der Waals surface area contributed by atoms with Gasteiger partial charge in [0.15, 0.2) is 0 Å². The summed E-state index contributed by atoms with van der Waals surface area (Å²) in [5.41, 5.74) is 3.45. The fraction of sp³-hybridized carbons (Fsp3) is 0.862. The van der Waals surface area contributed by atoms with Gasteiger partial charge in [-0.1, -0.05) is 64.8 Å². The van der Waals surface area contributed by atoms with Gasteiger partial charge in [-0.15, -0.1) is 0 Å². The monoisotopic (exact) mass is 428 g/mol. The lowest BCUT2D eigenvalue weighted by Crippen LogP contribution is -2.54. The average molecular weight is 429 g/mol. The van der Waals surface area contributed by atoms with Crippen LogP contribution in [0.1, 0.15) is 93.4 Å². The molecule has 0 heterocycles. The molecule has 4 aliphatic rings. The molecule has 176 valence electrons. The lowest BCUT2D eigenvalue weighted by Gasteiger charge is -2.59. The Morgan fingerprint density at radius 2 is 1.71 bits per heavy atom. The Hall–Kier alpha value is -0.600. The minimum atomic E-state index is -0.324. The second-order valence-corrected chi connectivity index (χ2v) is 12.8. The van der Waals surface area contributed by atoms with E-state index in [9.17, 15) is 10.2 Å². The van der Waals surface area contributed by atoms with E-state index in [1.165, 1.54) is 31.3 Å². The number of rotatable bonds is 4. The van der Waals surface area contributed by atoms with Crippen LogP contribution in [0.5, 0.6) is 0 Å². The van der Waals surface area contributed by atoms with E-state index in [0.29, 0.717) is 40.9 Å². The predicted octanol–water partition coefficient (Wildman–Crippen LogP) is 6.77. The zero-order valence-corrected chi connectivity index (χ0v) is 21.2. The highest BCUT2D eigenvalue weighted by Crippen LogP contribution is 2.67. The van der Waals surface area contributed by atoms with Gasteiger partial charge < -0.3 is 10.2 Å². The van der Waals surface area contributed by atoms with Crippen molar-refractivity contribution in [2.24, 2.45) is 52.3 Å². The van der Waals surface area contributed by atoms with E-state index < -0.39 is 0 Å². The smallest absolute Gasteiger partial charge is 0.0757 e. The molecular weight excluding hydrogens is 380 g/mol. The Balaban J connectivity index is 1.59. The maximum Gasteiger partial charge on any atom is 0.0757 e. The van der Waals surface area contributed by atoms with Gasteiger partial charge in [-0.3, -0.25) is 0 Å². The molecule has 3 saturated carbocycles. The lowest BCUT2D eigenvalue weighted by molar-refractivity contribution is -0.0951. The molecule has 2 N–H and O–H groups in total. The molecule has 31 heavy (non-hydrogen) atoms. The van der Waals surface area contributed by atoms with Crippen molar-refractivity contribution in [1.29, 1.82) is 0 Å². The maximum absolute atomic E-state index is 11.3. The molecule has 2 nitrogen and oxygen atoms in total. The van der Waals surface area contributed by atoms with Crippen LogP contribution in [0.4, 0.5) is 0 Å². The third-order valence-electron chi connectivity index (χ3n) is 11.1. The summed E-state index contributed by atoms with van der Waals surface area (Å²) in [5, 5.41) is 21.6. The first-order valence-corrected chi connectivity index (χ1v) is 13.2. The summed E-state index contributed by atoms with van der Waals surface area (Å²) in [5.74, 6) is 4.30. The molecular formula is C29H48O2. The van der Waals surface area contributed by atoms with E-state index in [1.807, 2.05) is 0 Å². The van der Waals surface area contributed by atoms with E-state index >= 15 is 0 Å². The third kappa shape index (κ3) is 3.78. The zero-order chi connectivity index (χ0) is 22.7. The summed E-state index contributed by atoms with van der Waals surface area (Å²) in [4.78, 5) is 0. The fourth-order valence-corrected chi connectivity index (χ4v) is 8.74. The van der Waals surface area contributed by atoms with Crippen LogP contribution in [0.25, 0.3) is 0 Å². The fourth-order valence-electron chi connectivity index (χ4n) is 8.74. The predicted molar refractivity (Wildman–Crippen MR) is 130 cm³/mol. The summed E-state index contributed by atoms with van der Waals surface area (Å²) in [7, 11) is 0. The molecule has 0 saturated heterocycles. The second kappa shape index (κ2) is 8.32. The first-order chi connectivity index (χ1) is 14.5. The van der Waals surface area contributed by atoms with Gasteiger partial charge >= 0.3 is 0 Å². The van der Waals surface area contributed by atoms with Crippen molar-refractivity contribution in [3.05, 3.63) is 23.3 Å². The molecule has 3 fully saturated rings. The highest BCUT2D eigenvalue weighted by Gasteiger charge is 2.61. The van der Waals surface area contributed by atoms with Gasteiger partial charge in [0.25, 0.3) is 0 Å². The first kappa shape index (κ1) is 23.6. The molecule has 0 aromatic carbocycles. The minimum Gasteiger partial charge on any atom is -0.393 e. The molecule has 10 atom stereocenters. The lowest BCUT2D eigenvalue weighted by atomic mass is 9.46. The van der Waals surface area contributed by atoms with Gasteiger partial charge in [0.05, 0.1) is 12.2 Å². The van der Waals surface area contributed by atoms with E-state index in [4.69, 9.17) is 0 Å². The number of aliphatic hydroxyl groups is 2. The molecule has 2 heteroatoms. The maximum atomic E-state index is 11.3. The van der Waals surface area contributed by atoms with Crippen molar-refractivity contribution < 1.29 is 10.2 Å². The Morgan fingerprint density at radius 3 is 2.39 bits per heavy atom. The topological polar surface area (TPSA) is 40.5 Å². The number of aliphatic hydroxyl groups excluding tert-OH is 2. The third-order valence-corrected chi connectivity index (χ3v) is 11.1. The molecule has 0 spiro atoms. The van der Waals surface area contributed by atoms with E-state index in [2.05, 4.69) is 60.6 Å². The van der Waals surface area contributed by atoms with Gasteiger partial charge in [0.2, 0.25) is 0 Å². The van der Waals surface area contributed by atoms with Crippen LogP contribution in [-0.2, 0) is 0 Å². The van der Waals surface area contributed by atoms with Crippen LogP contribution in [-0.4, -0.2) is 22.4 Å². The summed E-state index contributed by atoms with van der Waals surface area (Å²) in [6, 6.07) is 0. The van der Waals surface area contributed by atoms with Crippen molar-refractivity contribution in [3.63, 3.8) is 0 Å². The van der Waals surface area contributed by atoms with E-state index in [0.717, 1.165) is 25.2 Å². The van der Waals surface area contributed by atoms with Gasteiger partial charge in [-0.2, -0.15) is 0 Å². The molecule has 0 radical (unpaired) electrons. The summed E-state index contributed by atoms with van der Waals surface area (Å²) in [6.07, 6.45) is 12.2. The van der Waals surface area contributed by atoms with Crippen molar-refractivity contribution in [2.45, 2.75) is 106 Å². The molecule has 0 bridgehead atoms. The number of fused-ring (bicyclic) bond motifs is 5. The minimum absolute atomic E-state index is 0.192. The summed E-state index contributed by atoms with van der Waals surface area (Å²) >= 11 is 0. The van der Waals surface area contributed by atoms with Crippen molar-refractivity contribution in [2.75, 3.05) is 0 Å². The van der Waals surface area contributed by atoms with Crippen LogP contribution in [0.2, 0.25) is 0 Å². The molecule has 10 unspecified atom stereocenters. The van der Waals surface area contributed by atoms with Crippen LogP contribution in [0, 0.1) is 52.3 Å². The molecule has 0 aromatic heterocycles. The summed E-state index contributed by atoms with van der Waals surface area (Å²) in [6.45, 7) is 16.8. The van der Waals surface area contributed by atoms with Crippen molar-refractivity contribution in [3.8, 4) is 0 Å². The number of allylic oxidation sites excluding steroid dienone is 2. The first-order valence-electron chi connectivity index (χ1n) is 13.2. The van der Waals surface area contributed by atoms with Gasteiger partial charge in [-0.25, -0.2) is 0 Å². The van der Waals surface area contributed by atoms with Crippen molar-refractivity contribution in [1.82, 2.24) is 0 Å². The van der Waals surface area contributed by atoms with Crippen LogP contribution in [0.15, 0.2) is 23.3 Å². The Bertz CT molecular complexity index is 735. The number of hydrogen-bond donors (Lipinski definition) is 2. The Labute approximate surface area is 191 Å². The largest absolute Gasteiger partial charge is 0.393 e. The van der Waals surface area contributed by atoms with Crippen LogP contribution < -0.4 is 0 Å². The quantitative estimate of drug-likeness (QED) is 0.485. The average Bonchev–Trinajstić information content (AvgIpc) is 3.05. The molecule has 0 amide bonds.